The number of methoxy groups -OCH3 is 1. The van der Waals surface area contributed by atoms with Gasteiger partial charge in [0.25, 0.3) is 0 Å². The van der Waals surface area contributed by atoms with Crippen LogP contribution in [0, 0.1) is 0 Å². The molecule has 3 nitrogen and oxygen atoms in total. The largest absolute Gasteiger partial charge is 0.497 e. The van der Waals surface area contributed by atoms with Gasteiger partial charge in [-0.1, -0.05) is 6.07 Å². The van der Waals surface area contributed by atoms with Crippen molar-refractivity contribution in [3.63, 3.8) is 0 Å². The maximum absolute atomic E-state index is 8.50. The van der Waals surface area contributed by atoms with Crippen LogP contribution in [-0.2, 0) is 0 Å². The summed E-state index contributed by atoms with van der Waals surface area (Å²) in [5, 5.41) is 8.50. The zero-order valence-corrected chi connectivity index (χ0v) is 6.99. The lowest BCUT2D eigenvalue weighted by Gasteiger charge is -2.05. The summed E-state index contributed by atoms with van der Waals surface area (Å²) in [7, 11) is 1.60. The van der Waals surface area contributed by atoms with E-state index < -0.39 is 0 Å². The first kappa shape index (κ1) is 8.87. The predicted octanol–water partition coefficient (Wildman–Crippen LogP) is 1.07. The molecule has 1 N–H and O–H groups in total. The van der Waals surface area contributed by atoms with Gasteiger partial charge in [0.2, 0.25) is 0 Å². The summed E-state index contributed by atoms with van der Waals surface area (Å²) in [4.78, 5) is 0. The Morgan fingerprint density at radius 1 is 1.33 bits per heavy atom. The average Bonchev–Trinajstić information content (AvgIpc) is 2.15. The van der Waals surface area contributed by atoms with Crippen LogP contribution in [0.1, 0.15) is 0 Å². The van der Waals surface area contributed by atoms with Crippen LogP contribution in [0.25, 0.3) is 0 Å². The summed E-state index contributed by atoms with van der Waals surface area (Å²) in [6, 6.07) is 7.27. The summed E-state index contributed by atoms with van der Waals surface area (Å²) < 4.78 is 10.2. The van der Waals surface area contributed by atoms with Gasteiger partial charge in [-0.25, -0.2) is 0 Å². The third-order valence-corrected chi connectivity index (χ3v) is 1.40. The van der Waals surface area contributed by atoms with Crippen LogP contribution in [0.5, 0.6) is 11.5 Å². The van der Waals surface area contributed by atoms with Gasteiger partial charge >= 0.3 is 0 Å². The molecule has 0 fully saturated rings. The molecule has 1 rings (SSSR count). The number of hydrogen-bond donors (Lipinski definition) is 1. The lowest BCUT2D eigenvalue weighted by molar-refractivity contribution is 0.201. The van der Waals surface area contributed by atoms with Crippen molar-refractivity contribution in [1.29, 1.82) is 0 Å². The van der Waals surface area contributed by atoms with Crippen LogP contribution in [-0.4, -0.2) is 25.4 Å². The van der Waals surface area contributed by atoms with Crippen LogP contribution in [0.15, 0.2) is 24.3 Å². The van der Waals surface area contributed by atoms with Crippen molar-refractivity contribution in [2.45, 2.75) is 0 Å². The molecule has 0 radical (unpaired) electrons. The van der Waals surface area contributed by atoms with E-state index in [2.05, 4.69) is 0 Å². The monoisotopic (exact) mass is 168 g/mol. The van der Waals surface area contributed by atoms with Crippen molar-refractivity contribution in [3.8, 4) is 11.5 Å². The fourth-order valence-electron chi connectivity index (χ4n) is 0.854. The van der Waals surface area contributed by atoms with Gasteiger partial charge in [-0.3, -0.25) is 0 Å². The van der Waals surface area contributed by atoms with Crippen LogP contribution in [0.3, 0.4) is 0 Å². The average molecular weight is 168 g/mol. The van der Waals surface area contributed by atoms with E-state index in [9.17, 15) is 0 Å². The van der Waals surface area contributed by atoms with Gasteiger partial charge in [0.15, 0.2) is 0 Å². The summed E-state index contributed by atoms with van der Waals surface area (Å²) in [5.41, 5.74) is 0. The summed E-state index contributed by atoms with van der Waals surface area (Å²) in [5.74, 6) is 1.47. The second kappa shape index (κ2) is 4.62. The normalized spacial score (nSPS) is 9.50. The van der Waals surface area contributed by atoms with Crippen LogP contribution in [0.4, 0.5) is 0 Å². The lowest BCUT2D eigenvalue weighted by atomic mass is 10.3. The minimum absolute atomic E-state index is 0.0250. The Kier molecular flexibility index (Phi) is 3.41. The van der Waals surface area contributed by atoms with E-state index in [1.807, 2.05) is 18.2 Å². The highest BCUT2D eigenvalue weighted by Gasteiger charge is 1.94. The SMILES string of the molecule is COc1cccc(OCCO)c1. The topological polar surface area (TPSA) is 38.7 Å². The summed E-state index contributed by atoms with van der Waals surface area (Å²) in [6.07, 6.45) is 0. The highest BCUT2D eigenvalue weighted by Crippen LogP contribution is 2.18. The van der Waals surface area contributed by atoms with Gasteiger partial charge in [-0.15, -0.1) is 0 Å². The van der Waals surface area contributed by atoms with Crippen molar-refractivity contribution in [3.05, 3.63) is 24.3 Å². The fraction of sp³-hybridized carbons (Fsp3) is 0.333. The first-order valence-corrected chi connectivity index (χ1v) is 3.74. The molecule has 0 amide bonds. The minimum Gasteiger partial charge on any atom is -0.497 e. The Labute approximate surface area is 71.5 Å². The highest BCUT2D eigenvalue weighted by atomic mass is 16.5. The van der Waals surface area contributed by atoms with Gasteiger partial charge in [0, 0.05) is 6.07 Å². The first-order valence-electron chi connectivity index (χ1n) is 3.74. The number of hydrogen-bond acceptors (Lipinski definition) is 3. The van der Waals surface area contributed by atoms with E-state index in [0.717, 1.165) is 5.75 Å². The number of benzene rings is 1. The van der Waals surface area contributed by atoms with Gasteiger partial charge < -0.3 is 14.6 Å². The molecule has 3 heteroatoms. The molecule has 0 atom stereocenters. The molecule has 1 aromatic carbocycles. The van der Waals surface area contributed by atoms with E-state index in [1.165, 1.54) is 0 Å². The fourth-order valence-corrected chi connectivity index (χ4v) is 0.854. The molecule has 1 aromatic rings. The highest BCUT2D eigenvalue weighted by molar-refractivity contribution is 5.32. The lowest BCUT2D eigenvalue weighted by Crippen LogP contribution is -2.01. The van der Waals surface area contributed by atoms with Crippen molar-refractivity contribution >= 4 is 0 Å². The second-order valence-electron chi connectivity index (χ2n) is 2.25. The van der Waals surface area contributed by atoms with Crippen LogP contribution >= 0.6 is 0 Å². The van der Waals surface area contributed by atoms with Crippen molar-refractivity contribution in [2.75, 3.05) is 20.3 Å². The Bertz CT molecular complexity index is 235. The number of aliphatic hydroxyl groups is 1. The molecular weight excluding hydrogens is 156 g/mol. The Morgan fingerprint density at radius 3 is 2.75 bits per heavy atom. The van der Waals surface area contributed by atoms with Crippen molar-refractivity contribution in [1.82, 2.24) is 0 Å². The van der Waals surface area contributed by atoms with Crippen molar-refractivity contribution < 1.29 is 14.6 Å². The standard InChI is InChI=1S/C9H12O3/c1-11-8-3-2-4-9(7-8)12-6-5-10/h2-4,7,10H,5-6H2,1H3. The van der Waals surface area contributed by atoms with Gasteiger partial charge in [-0.05, 0) is 12.1 Å². The molecule has 0 unspecified atom stereocenters. The molecule has 0 saturated carbocycles. The second-order valence-corrected chi connectivity index (χ2v) is 2.25. The van der Waals surface area contributed by atoms with E-state index in [4.69, 9.17) is 14.6 Å². The zero-order chi connectivity index (χ0) is 8.81. The van der Waals surface area contributed by atoms with Gasteiger partial charge in [-0.2, -0.15) is 0 Å². The molecule has 0 bridgehead atoms. The Hall–Kier alpha value is -1.22. The van der Waals surface area contributed by atoms with Crippen LogP contribution < -0.4 is 9.47 Å². The maximum Gasteiger partial charge on any atom is 0.123 e. The van der Waals surface area contributed by atoms with Gasteiger partial charge in [0.05, 0.1) is 13.7 Å². The van der Waals surface area contributed by atoms with E-state index in [-0.39, 0.29) is 6.61 Å². The Balaban J connectivity index is 2.60. The molecule has 0 saturated heterocycles. The molecule has 0 aliphatic rings. The molecule has 0 aliphatic carbocycles. The minimum atomic E-state index is 0.0250. The summed E-state index contributed by atoms with van der Waals surface area (Å²) in [6.45, 7) is 0.338. The van der Waals surface area contributed by atoms with Crippen LogP contribution in [0.2, 0.25) is 0 Å². The first-order chi connectivity index (χ1) is 5.86. The van der Waals surface area contributed by atoms with E-state index in [1.54, 1.807) is 13.2 Å². The zero-order valence-electron chi connectivity index (χ0n) is 6.99. The Morgan fingerprint density at radius 2 is 2.08 bits per heavy atom. The number of aliphatic hydroxyl groups excluding tert-OH is 1. The predicted molar refractivity (Wildman–Crippen MR) is 45.6 cm³/mol. The quantitative estimate of drug-likeness (QED) is 0.730. The smallest absolute Gasteiger partial charge is 0.123 e. The molecule has 12 heavy (non-hydrogen) atoms. The van der Waals surface area contributed by atoms with Gasteiger partial charge in [0.1, 0.15) is 18.1 Å². The third kappa shape index (κ3) is 2.43. The maximum atomic E-state index is 8.50. The molecule has 0 aromatic heterocycles. The number of ether oxygens (including phenoxy) is 2. The van der Waals surface area contributed by atoms with Crippen molar-refractivity contribution in [2.24, 2.45) is 0 Å². The number of rotatable bonds is 4. The van der Waals surface area contributed by atoms with E-state index >= 15 is 0 Å². The summed E-state index contributed by atoms with van der Waals surface area (Å²) >= 11 is 0. The molecule has 0 heterocycles. The third-order valence-electron chi connectivity index (χ3n) is 1.40. The molecule has 0 aliphatic heterocycles. The molecular formula is C9H12O3. The molecule has 66 valence electrons. The van der Waals surface area contributed by atoms with E-state index in [0.29, 0.717) is 12.4 Å². The molecule has 0 spiro atoms.